The molecule has 0 spiro atoms. The van der Waals surface area contributed by atoms with E-state index >= 15 is 0 Å². The molecule has 1 saturated carbocycles. The molecule has 0 radical (unpaired) electrons. The van der Waals surface area contributed by atoms with Crippen LogP contribution in [0.3, 0.4) is 0 Å². The van der Waals surface area contributed by atoms with Crippen LogP contribution in [0.15, 0.2) is 18.3 Å². The van der Waals surface area contributed by atoms with Gasteiger partial charge in [0, 0.05) is 32.5 Å². The van der Waals surface area contributed by atoms with Crippen LogP contribution in [0.2, 0.25) is 0 Å². The lowest BCUT2D eigenvalue weighted by atomic mass is 9.70. The summed E-state index contributed by atoms with van der Waals surface area (Å²) in [6.07, 6.45) is 5.59. The Kier molecular flexibility index (Phi) is 3.55. The van der Waals surface area contributed by atoms with E-state index in [0.29, 0.717) is 11.1 Å². The Morgan fingerprint density at radius 3 is 2.78 bits per heavy atom. The third-order valence-corrected chi connectivity index (χ3v) is 3.67. The summed E-state index contributed by atoms with van der Waals surface area (Å²) >= 11 is 0. The van der Waals surface area contributed by atoms with Crippen LogP contribution in [0.1, 0.15) is 36.7 Å². The van der Waals surface area contributed by atoms with Crippen LogP contribution in [0.4, 0.5) is 5.69 Å². The van der Waals surface area contributed by atoms with Gasteiger partial charge in [-0.1, -0.05) is 13.3 Å². The van der Waals surface area contributed by atoms with Crippen molar-refractivity contribution in [3.8, 4) is 0 Å². The minimum absolute atomic E-state index is 0.0616. The number of carbonyl (C=O) groups is 1. The molecule has 4 nitrogen and oxygen atoms in total. The molecule has 1 N–H and O–H groups in total. The zero-order valence-corrected chi connectivity index (χ0v) is 11.4. The van der Waals surface area contributed by atoms with Crippen molar-refractivity contribution >= 4 is 11.6 Å². The lowest BCUT2D eigenvalue weighted by Gasteiger charge is -2.38. The van der Waals surface area contributed by atoms with E-state index in [1.165, 1.54) is 19.3 Å². The van der Waals surface area contributed by atoms with Crippen LogP contribution in [0.5, 0.6) is 0 Å². The summed E-state index contributed by atoms with van der Waals surface area (Å²) in [7, 11) is 3.47. The van der Waals surface area contributed by atoms with Crippen molar-refractivity contribution in [3.63, 3.8) is 0 Å². The van der Waals surface area contributed by atoms with Gasteiger partial charge < -0.3 is 10.2 Å². The van der Waals surface area contributed by atoms with Crippen molar-refractivity contribution in [2.24, 2.45) is 5.41 Å². The summed E-state index contributed by atoms with van der Waals surface area (Å²) in [6, 6.07) is 3.73. The standard InChI is InChI=1S/C14H21N3O/c1-14(6-4-7-14)10-16-11-5-8-15-12(9-11)13(18)17(2)3/h5,8-9H,4,6-7,10H2,1-3H3,(H,15,16). The van der Waals surface area contributed by atoms with E-state index in [4.69, 9.17) is 0 Å². The maximum Gasteiger partial charge on any atom is 0.272 e. The van der Waals surface area contributed by atoms with Crippen molar-refractivity contribution in [2.45, 2.75) is 26.2 Å². The van der Waals surface area contributed by atoms with Crippen molar-refractivity contribution in [1.82, 2.24) is 9.88 Å². The van der Waals surface area contributed by atoms with Crippen LogP contribution < -0.4 is 5.32 Å². The first-order valence-electron chi connectivity index (χ1n) is 6.42. The molecule has 98 valence electrons. The number of nitrogens with zero attached hydrogens (tertiary/aromatic N) is 2. The smallest absolute Gasteiger partial charge is 0.272 e. The van der Waals surface area contributed by atoms with E-state index < -0.39 is 0 Å². The van der Waals surface area contributed by atoms with Gasteiger partial charge in [0.2, 0.25) is 0 Å². The number of pyridine rings is 1. The molecule has 0 atom stereocenters. The molecule has 1 aliphatic carbocycles. The summed E-state index contributed by atoms with van der Waals surface area (Å²) in [5.74, 6) is -0.0616. The van der Waals surface area contributed by atoms with Gasteiger partial charge in [-0.3, -0.25) is 9.78 Å². The molecule has 18 heavy (non-hydrogen) atoms. The van der Waals surface area contributed by atoms with Gasteiger partial charge in [-0.05, 0) is 30.4 Å². The van der Waals surface area contributed by atoms with Crippen molar-refractivity contribution in [1.29, 1.82) is 0 Å². The van der Waals surface area contributed by atoms with Gasteiger partial charge in [0.1, 0.15) is 5.69 Å². The third-order valence-electron chi connectivity index (χ3n) is 3.67. The second-order valence-electron chi connectivity index (χ2n) is 5.65. The van der Waals surface area contributed by atoms with Crippen molar-refractivity contribution in [2.75, 3.05) is 26.0 Å². The minimum atomic E-state index is -0.0616. The van der Waals surface area contributed by atoms with E-state index in [0.717, 1.165) is 12.2 Å². The molecule has 1 fully saturated rings. The largest absolute Gasteiger partial charge is 0.384 e. The maximum atomic E-state index is 11.8. The summed E-state index contributed by atoms with van der Waals surface area (Å²) in [4.78, 5) is 17.4. The number of carbonyl (C=O) groups excluding carboxylic acids is 1. The average Bonchev–Trinajstić information content (AvgIpc) is 2.33. The fourth-order valence-corrected chi connectivity index (χ4v) is 2.16. The fourth-order valence-electron chi connectivity index (χ4n) is 2.16. The number of anilines is 1. The second kappa shape index (κ2) is 4.96. The van der Waals surface area contributed by atoms with Crippen LogP contribution in [-0.2, 0) is 0 Å². The zero-order chi connectivity index (χ0) is 13.2. The summed E-state index contributed by atoms with van der Waals surface area (Å²) in [6.45, 7) is 3.27. The molecule has 0 aliphatic heterocycles. The Bertz CT molecular complexity index is 438. The Balaban J connectivity index is 2.01. The Morgan fingerprint density at radius 2 is 2.22 bits per heavy atom. The molecular weight excluding hydrogens is 226 g/mol. The van der Waals surface area contributed by atoms with Gasteiger partial charge >= 0.3 is 0 Å². The quantitative estimate of drug-likeness (QED) is 0.888. The molecule has 0 aromatic carbocycles. The number of hydrogen-bond acceptors (Lipinski definition) is 3. The minimum Gasteiger partial charge on any atom is -0.384 e. The molecule has 1 aromatic heterocycles. The molecule has 1 aliphatic rings. The highest BCUT2D eigenvalue weighted by Crippen LogP contribution is 2.40. The summed E-state index contributed by atoms with van der Waals surface area (Å²) in [5.41, 5.74) is 1.89. The first-order valence-corrected chi connectivity index (χ1v) is 6.42. The summed E-state index contributed by atoms with van der Waals surface area (Å²) < 4.78 is 0. The van der Waals surface area contributed by atoms with Crippen molar-refractivity contribution in [3.05, 3.63) is 24.0 Å². The maximum absolute atomic E-state index is 11.8. The molecule has 0 unspecified atom stereocenters. The number of aromatic nitrogens is 1. The van der Waals surface area contributed by atoms with Crippen LogP contribution in [0.25, 0.3) is 0 Å². The van der Waals surface area contributed by atoms with Gasteiger partial charge in [0.05, 0.1) is 0 Å². The zero-order valence-electron chi connectivity index (χ0n) is 11.4. The Hall–Kier alpha value is -1.58. The van der Waals surface area contributed by atoms with Crippen LogP contribution >= 0.6 is 0 Å². The Labute approximate surface area is 108 Å². The fraction of sp³-hybridized carbons (Fsp3) is 0.571. The molecule has 0 saturated heterocycles. The van der Waals surface area contributed by atoms with E-state index in [1.807, 2.05) is 12.1 Å². The number of rotatable bonds is 4. The lowest BCUT2D eigenvalue weighted by Crippen LogP contribution is -2.33. The first-order chi connectivity index (χ1) is 8.50. The van der Waals surface area contributed by atoms with Crippen LogP contribution in [-0.4, -0.2) is 36.4 Å². The molecular formula is C14H21N3O. The predicted molar refractivity (Wildman–Crippen MR) is 72.7 cm³/mol. The van der Waals surface area contributed by atoms with E-state index in [1.54, 1.807) is 25.2 Å². The van der Waals surface area contributed by atoms with E-state index in [2.05, 4.69) is 17.2 Å². The van der Waals surface area contributed by atoms with E-state index in [9.17, 15) is 4.79 Å². The van der Waals surface area contributed by atoms with Gasteiger partial charge in [0.25, 0.3) is 5.91 Å². The topological polar surface area (TPSA) is 45.2 Å². The number of nitrogens with one attached hydrogen (secondary N) is 1. The van der Waals surface area contributed by atoms with Gasteiger partial charge in [-0.25, -0.2) is 0 Å². The predicted octanol–water partition coefficient (Wildman–Crippen LogP) is 2.39. The normalized spacial score (nSPS) is 16.8. The monoisotopic (exact) mass is 247 g/mol. The molecule has 1 aromatic rings. The molecule has 1 amide bonds. The SMILES string of the molecule is CN(C)C(=O)c1cc(NCC2(C)CCC2)ccn1. The molecule has 4 heteroatoms. The lowest BCUT2D eigenvalue weighted by molar-refractivity contribution is 0.0822. The molecule has 1 heterocycles. The van der Waals surface area contributed by atoms with E-state index in [-0.39, 0.29) is 5.91 Å². The average molecular weight is 247 g/mol. The van der Waals surface area contributed by atoms with Gasteiger partial charge in [0.15, 0.2) is 0 Å². The highest BCUT2D eigenvalue weighted by molar-refractivity contribution is 5.92. The Morgan fingerprint density at radius 1 is 1.50 bits per heavy atom. The second-order valence-corrected chi connectivity index (χ2v) is 5.65. The third kappa shape index (κ3) is 2.81. The van der Waals surface area contributed by atoms with Gasteiger partial charge in [-0.2, -0.15) is 0 Å². The summed E-state index contributed by atoms with van der Waals surface area (Å²) in [5, 5.41) is 3.41. The first kappa shape index (κ1) is 12.9. The highest BCUT2D eigenvalue weighted by atomic mass is 16.2. The molecule has 2 rings (SSSR count). The van der Waals surface area contributed by atoms with Gasteiger partial charge in [-0.15, -0.1) is 0 Å². The number of amides is 1. The molecule has 0 bridgehead atoms. The number of hydrogen-bond donors (Lipinski definition) is 1. The van der Waals surface area contributed by atoms with Crippen LogP contribution in [0, 0.1) is 5.41 Å². The highest BCUT2D eigenvalue weighted by Gasteiger charge is 2.31. The van der Waals surface area contributed by atoms with Crippen molar-refractivity contribution < 1.29 is 4.79 Å².